The van der Waals surface area contributed by atoms with Gasteiger partial charge in [0.25, 0.3) is 0 Å². The first-order chi connectivity index (χ1) is 10.0. The highest BCUT2D eigenvalue weighted by atomic mass is 16.5. The zero-order valence-electron chi connectivity index (χ0n) is 12.8. The lowest BCUT2D eigenvalue weighted by atomic mass is 10.1. The van der Waals surface area contributed by atoms with Crippen molar-refractivity contribution in [2.75, 3.05) is 36.9 Å². The number of likely N-dealkylation sites (N-methyl/N-ethyl adjacent to an activating group) is 2. The Bertz CT molecular complexity index is 503. The molecule has 21 heavy (non-hydrogen) atoms. The monoisotopic (exact) mass is 293 g/mol. The van der Waals surface area contributed by atoms with Crippen molar-refractivity contribution < 1.29 is 14.3 Å². The van der Waals surface area contributed by atoms with Gasteiger partial charge in [0.2, 0.25) is 5.91 Å². The second-order valence-corrected chi connectivity index (χ2v) is 4.46. The average molecular weight is 293 g/mol. The van der Waals surface area contributed by atoms with E-state index in [4.69, 9.17) is 10.5 Å². The maximum atomic E-state index is 11.7. The second-order valence-electron chi connectivity index (χ2n) is 4.46. The maximum Gasteiger partial charge on any atom is 0.338 e. The summed E-state index contributed by atoms with van der Waals surface area (Å²) >= 11 is 0. The molecule has 0 bridgehead atoms. The molecule has 0 radical (unpaired) electrons. The van der Waals surface area contributed by atoms with Gasteiger partial charge in [-0.15, -0.1) is 0 Å². The van der Waals surface area contributed by atoms with Gasteiger partial charge in [-0.25, -0.2) is 4.79 Å². The molecule has 1 aromatic rings. The lowest BCUT2D eigenvalue weighted by Crippen LogP contribution is -2.37. The molecule has 0 aliphatic carbocycles. The molecule has 1 amide bonds. The van der Waals surface area contributed by atoms with Crippen molar-refractivity contribution in [1.29, 1.82) is 0 Å². The molecule has 3 N–H and O–H groups in total. The molecule has 0 saturated carbocycles. The van der Waals surface area contributed by atoms with Crippen LogP contribution in [-0.4, -0.2) is 38.1 Å². The number of ether oxygens (including phenoxy) is 1. The Kier molecular flexibility index (Phi) is 6.52. The fourth-order valence-electron chi connectivity index (χ4n) is 1.98. The first kappa shape index (κ1) is 16.8. The van der Waals surface area contributed by atoms with Gasteiger partial charge in [0, 0.05) is 13.1 Å². The van der Waals surface area contributed by atoms with Gasteiger partial charge in [-0.1, -0.05) is 0 Å². The van der Waals surface area contributed by atoms with Crippen LogP contribution in [0.5, 0.6) is 0 Å². The predicted octanol–water partition coefficient (Wildman–Crippen LogP) is 1.41. The van der Waals surface area contributed by atoms with Crippen molar-refractivity contribution in [1.82, 2.24) is 5.32 Å². The number of nitrogens with one attached hydrogen (secondary N) is 1. The number of rotatable bonds is 7. The van der Waals surface area contributed by atoms with E-state index in [9.17, 15) is 9.59 Å². The lowest BCUT2D eigenvalue weighted by Gasteiger charge is -2.24. The van der Waals surface area contributed by atoms with E-state index in [0.717, 1.165) is 5.69 Å². The highest BCUT2D eigenvalue weighted by molar-refractivity contribution is 5.92. The van der Waals surface area contributed by atoms with E-state index in [-0.39, 0.29) is 12.5 Å². The Morgan fingerprint density at radius 1 is 1.29 bits per heavy atom. The number of esters is 1. The van der Waals surface area contributed by atoms with Gasteiger partial charge in [0.05, 0.1) is 30.1 Å². The van der Waals surface area contributed by atoms with Crippen LogP contribution in [0.1, 0.15) is 31.1 Å². The lowest BCUT2D eigenvalue weighted by molar-refractivity contribution is -0.119. The van der Waals surface area contributed by atoms with E-state index in [0.29, 0.717) is 30.9 Å². The third kappa shape index (κ3) is 4.66. The van der Waals surface area contributed by atoms with E-state index in [2.05, 4.69) is 5.32 Å². The summed E-state index contributed by atoms with van der Waals surface area (Å²) in [5, 5.41) is 2.75. The molecule has 1 rings (SSSR count). The topological polar surface area (TPSA) is 84.7 Å². The van der Waals surface area contributed by atoms with Crippen LogP contribution in [0.4, 0.5) is 11.4 Å². The number of nitrogen functional groups attached to an aromatic ring is 1. The minimum atomic E-state index is -0.400. The largest absolute Gasteiger partial charge is 0.462 e. The van der Waals surface area contributed by atoms with E-state index >= 15 is 0 Å². The average Bonchev–Trinajstić information content (AvgIpc) is 2.45. The summed E-state index contributed by atoms with van der Waals surface area (Å²) in [6, 6.07) is 4.97. The summed E-state index contributed by atoms with van der Waals surface area (Å²) in [6.07, 6.45) is 0. The van der Waals surface area contributed by atoms with Gasteiger partial charge in [-0.05, 0) is 39.0 Å². The van der Waals surface area contributed by atoms with Gasteiger partial charge < -0.3 is 20.7 Å². The number of amides is 1. The van der Waals surface area contributed by atoms with E-state index in [1.54, 1.807) is 25.1 Å². The number of carbonyl (C=O) groups excluding carboxylic acids is 2. The Morgan fingerprint density at radius 2 is 2.00 bits per heavy atom. The van der Waals surface area contributed by atoms with Crippen molar-refractivity contribution in [3.8, 4) is 0 Å². The molecule has 0 fully saturated rings. The van der Waals surface area contributed by atoms with Gasteiger partial charge in [0.1, 0.15) is 0 Å². The molecular formula is C15H23N3O3. The van der Waals surface area contributed by atoms with Crippen molar-refractivity contribution in [3.63, 3.8) is 0 Å². The maximum absolute atomic E-state index is 11.7. The first-order valence-corrected chi connectivity index (χ1v) is 7.11. The molecule has 0 spiro atoms. The molecule has 0 aliphatic rings. The molecule has 0 heterocycles. The third-order valence-corrected chi connectivity index (χ3v) is 2.97. The molecule has 0 atom stereocenters. The van der Waals surface area contributed by atoms with Crippen molar-refractivity contribution in [2.45, 2.75) is 20.8 Å². The number of hydrogen-bond donors (Lipinski definition) is 2. The summed E-state index contributed by atoms with van der Waals surface area (Å²) in [5.41, 5.74) is 7.59. The number of nitrogens with two attached hydrogens (primary N) is 1. The normalized spacial score (nSPS) is 10.0. The SMILES string of the molecule is CCNC(=O)CN(CC)c1ccc(C(=O)OCC)cc1N. The Labute approximate surface area is 125 Å². The first-order valence-electron chi connectivity index (χ1n) is 7.11. The minimum Gasteiger partial charge on any atom is -0.462 e. The van der Waals surface area contributed by atoms with Crippen molar-refractivity contribution in [3.05, 3.63) is 23.8 Å². The van der Waals surface area contributed by atoms with Crippen LogP contribution in [-0.2, 0) is 9.53 Å². The third-order valence-electron chi connectivity index (χ3n) is 2.97. The Morgan fingerprint density at radius 3 is 2.52 bits per heavy atom. The van der Waals surface area contributed by atoms with Crippen LogP contribution >= 0.6 is 0 Å². The van der Waals surface area contributed by atoms with Gasteiger partial charge in [0.15, 0.2) is 0 Å². The number of anilines is 2. The number of hydrogen-bond acceptors (Lipinski definition) is 5. The highest BCUT2D eigenvalue weighted by Gasteiger charge is 2.14. The highest BCUT2D eigenvalue weighted by Crippen LogP contribution is 2.24. The van der Waals surface area contributed by atoms with Crippen LogP contribution in [0, 0.1) is 0 Å². The molecule has 6 nitrogen and oxygen atoms in total. The van der Waals surface area contributed by atoms with Crippen LogP contribution < -0.4 is 16.0 Å². The fraction of sp³-hybridized carbons (Fsp3) is 0.467. The second kappa shape index (κ2) is 8.14. The summed E-state index contributed by atoms with van der Waals surface area (Å²) in [4.78, 5) is 25.2. The molecule has 0 aromatic heterocycles. The number of nitrogens with zero attached hydrogens (tertiary/aromatic N) is 1. The summed E-state index contributed by atoms with van der Waals surface area (Å²) < 4.78 is 4.93. The quantitative estimate of drug-likeness (QED) is 0.586. The van der Waals surface area contributed by atoms with Gasteiger partial charge in [-0.3, -0.25) is 4.79 Å². The summed E-state index contributed by atoms with van der Waals surface area (Å²) in [6.45, 7) is 7.34. The van der Waals surface area contributed by atoms with Crippen LogP contribution in [0.15, 0.2) is 18.2 Å². The molecule has 6 heteroatoms. The van der Waals surface area contributed by atoms with Gasteiger partial charge >= 0.3 is 5.97 Å². The molecular weight excluding hydrogens is 270 g/mol. The van der Waals surface area contributed by atoms with Crippen LogP contribution in [0.2, 0.25) is 0 Å². The van der Waals surface area contributed by atoms with E-state index < -0.39 is 5.97 Å². The Balaban J connectivity index is 2.91. The zero-order chi connectivity index (χ0) is 15.8. The number of benzene rings is 1. The van der Waals surface area contributed by atoms with Gasteiger partial charge in [-0.2, -0.15) is 0 Å². The molecule has 0 aliphatic heterocycles. The molecule has 1 aromatic carbocycles. The van der Waals surface area contributed by atoms with E-state index in [1.165, 1.54) is 0 Å². The zero-order valence-corrected chi connectivity index (χ0v) is 12.8. The summed E-state index contributed by atoms with van der Waals surface area (Å²) in [5.74, 6) is -0.462. The standard InChI is InChI=1S/C15H23N3O3/c1-4-17-14(19)10-18(5-2)13-8-7-11(9-12(13)16)15(20)21-6-3/h7-9H,4-6,10,16H2,1-3H3,(H,17,19). The predicted molar refractivity (Wildman–Crippen MR) is 83.4 cm³/mol. The molecule has 0 unspecified atom stereocenters. The van der Waals surface area contributed by atoms with Crippen LogP contribution in [0.3, 0.4) is 0 Å². The molecule has 116 valence electrons. The van der Waals surface area contributed by atoms with Crippen molar-refractivity contribution >= 4 is 23.3 Å². The minimum absolute atomic E-state index is 0.0618. The van der Waals surface area contributed by atoms with Crippen molar-refractivity contribution in [2.24, 2.45) is 0 Å². The Hall–Kier alpha value is -2.24. The van der Waals surface area contributed by atoms with Crippen LogP contribution in [0.25, 0.3) is 0 Å². The smallest absolute Gasteiger partial charge is 0.338 e. The molecule has 0 saturated heterocycles. The fourth-order valence-corrected chi connectivity index (χ4v) is 1.98. The summed E-state index contributed by atoms with van der Waals surface area (Å²) in [7, 11) is 0. The number of carbonyl (C=O) groups is 2. The van der Waals surface area contributed by atoms with E-state index in [1.807, 2.05) is 18.7 Å².